The number of fused-ring (bicyclic) bond motifs is 1. The Labute approximate surface area is 162 Å². The summed E-state index contributed by atoms with van der Waals surface area (Å²) in [6, 6.07) is 13.4. The number of aromatic nitrogens is 2. The lowest BCUT2D eigenvalue weighted by atomic mass is 10.1. The van der Waals surface area contributed by atoms with Crippen molar-refractivity contribution < 1.29 is 13.2 Å². The average Bonchev–Trinajstić information content (AvgIpc) is 3.00. The number of hydrogen-bond donors (Lipinski definition) is 1. The number of para-hydroxylation sites is 1. The van der Waals surface area contributed by atoms with E-state index in [2.05, 4.69) is 10.3 Å². The van der Waals surface area contributed by atoms with Crippen LogP contribution in [0.1, 0.15) is 22.6 Å². The molecule has 1 aliphatic heterocycles. The van der Waals surface area contributed by atoms with Crippen LogP contribution in [0.4, 0.5) is 0 Å². The van der Waals surface area contributed by atoms with E-state index in [0.717, 1.165) is 0 Å². The zero-order valence-corrected chi connectivity index (χ0v) is 16.1. The molecule has 1 atom stereocenters. The Morgan fingerprint density at radius 2 is 1.86 bits per heavy atom. The Balaban J connectivity index is 1.61. The van der Waals surface area contributed by atoms with Gasteiger partial charge in [-0.05, 0) is 49.7 Å². The molecule has 28 heavy (non-hydrogen) atoms. The van der Waals surface area contributed by atoms with E-state index in [1.54, 1.807) is 49.4 Å². The molecule has 0 bridgehead atoms. The second kappa shape index (κ2) is 6.87. The summed E-state index contributed by atoms with van der Waals surface area (Å²) >= 11 is 0. The number of sulfone groups is 1. The second-order valence-electron chi connectivity index (χ2n) is 6.94. The van der Waals surface area contributed by atoms with Crippen molar-refractivity contribution in [3.05, 3.63) is 70.3 Å². The highest BCUT2D eigenvalue weighted by Crippen LogP contribution is 2.15. The molecule has 1 aromatic heterocycles. The molecule has 0 aliphatic carbocycles. The van der Waals surface area contributed by atoms with Gasteiger partial charge in [-0.3, -0.25) is 14.2 Å². The molecule has 144 valence electrons. The van der Waals surface area contributed by atoms with Crippen molar-refractivity contribution >= 4 is 26.6 Å². The number of nitrogens with zero attached hydrogens (tertiary/aromatic N) is 2. The van der Waals surface area contributed by atoms with Crippen molar-refractivity contribution in [3.63, 3.8) is 0 Å². The molecule has 1 aliphatic rings. The standard InChI is InChI=1S/C20H19N3O4S/c1-13-21-18-5-3-2-4-17(18)20(25)23(13)16-8-6-14(7-9-16)19(24)22-15-10-11-28(26,27)12-15/h2-9,15H,10-12H2,1H3,(H,22,24). The molecule has 2 aromatic carbocycles. The zero-order chi connectivity index (χ0) is 19.9. The summed E-state index contributed by atoms with van der Waals surface area (Å²) in [5.41, 5.74) is 1.49. The predicted octanol–water partition coefficient (Wildman–Crippen LogP) is 1.61. The van der Waals surface area contributed by atoms with Gasteiger partial charge in [0.05, 0.1) is 28.1 Å². The van der Waals surface area contributed by atoms with E-state index < -0.39 is 9.84 Å². The van der Waals surface area contributed by atoms with E-state index in [1.165, 1.54) is 4.57 Å². The molecule has 1 amide bonds. The topological polar surface area (TPSA) is 98.1 Å². The van der Waals surface area contributed by atoms with Crippen LogP contribution in [-0.4, -0.2) is 41.4 Å². The Kier molecular flexibility index (Phi) is 4.50. The molecule has 1 unspecified atom stereocenters. The van der Waals surface area contributed by atoms with Crippen molar-refractivity contribution in [1.82, 2.24) is 14.9 Å². The molecule has 1 N–H and O–H groups in total. The van der Waals surface area contributed by atoms with Crippen LogP contribution in [0.3, 0.4) is 0 Å². The van der Waals surface area contributed by atoms with E-state index in [1.807, 2.05) is 6.07 Å². The van der Waals surface area contributed by atoms with Crippen LogP contribution in [0.15, 0.2) is 53.3 Å². The maximum Gasteiger partial charge on any atom is 0.265 e. The molecule has 8 heteroatoms. The van der Waals surface area contributed by atoms with Gasteiger partial charge in [0, 0.05) is 11.6 Å². The summed E-state index contributed by atoms with van der Waals surface area (Å²) in [5, 5.41) is 3.28. The van der Waals surface area contributed by atoms with Crippen LogP contribution < -0.4 is 10.9 Å². The predicted molar refractivity (Wildman–Crippen MR) is 107 cm³/mol. The first-order valence-corrected chi connectivity index (χ1v) is 10.8. The van der Waals surface area contributed by atoms with Gasteiger partial charge in [-0.15, -0.1) is 0 Å². The monoisotopic (exact) mass is 397 g/mol. The van der Waals surface area contributed by atoms with E-state index >= 15 is 0 Å². The lowest BCUT2D eigenvalue weighted by Gasteiger charge is -2.13. The second-order valence-corrected chi connectivity index (χ2v) is 9.17. The highest BCUT2D eigenvalue weighted by molar-refractivity contribution is 7.91. The van der Waals surface area contributed by atoms with Gasteiger partial charge < -0.3 is 5.32 Å². The number of benzene rings is 2. The maximum absolute atomic E-state index is 12.8. The minimum absolute atomic E-state index is 0.0197. The molecular formula is C20H19N3O4S. The highest BCUT2D eigenvalue weighted by atomic mass is 32.2. The molecule has 3 aromatic rings. The van der Waals surface area contributed by atoms with Gasteiger partial charge in [-0.2, -0.15) is 0 Å². The largest absolute Gasteiger partial charge is 0.348 e. The fourth-order valence-electron chi connectivity index (χ4n) is 3.49. The quantitative estimate of drug-likeness (QED) is 0.724. The van der Waals surface area contributed by atoms with Crippen molar-refractivity contribution in [1.29, 1.82) is 0 Å². The normalized spacial score (nSPS) is 18.2. The summed E-state index contributed by atoms with van der Waals surface area (Å²) < 4.78 is 24.6. The fraction of sp³-hybridized carbons (Fsp3) is 0.250. The Hall–Kier alpha value is -3.00. The lowest BCUT2D eigenvalue weighted by Crippen LogP contribution is -2.35. The number of amides is 1. The molecule has 1 saturated heterocycles. The fourth-order valence-corrected chi connectivity index (χ4v) is 5.16. The first-order chi connectivity index (χ1) is 13.3. The van der Waals surface area contributed by atoms with E-state index in [-0.39, 0.29) is 29.0 Å². The number of carbonyl (C=O) groups is 1. The number of rotatable bonds is 3. The van der Waals surface area contributed by atoms with Gasteiger partial charge in [0.25, 0.3) is 11.5 Å². The molecule has 0 spiro atoms. The van der Waals surface area contributed by atoms with Gasteiger partial charge in [-0.25, -0.2) is 13.4 Å². The summed E-state index contributed by atoms with van der Waals surface area (Å²) in [6.07, 6.45) is 0.434. The summed E-state index contributed by atoms with van der Waals surface area (Å²) in [7, 11) is -3.05. The van der Waals surface area contributed by atoms with Crippen LogP contribution in [0.25, 0.3) is 16.6 Å². The van der Waals surface area contributed by atoms with Crippen molar-refractivity contribution in [2.24, 2.45) is 0 Å². The van der Waals surface area contributed by atoms with Crippen molar-refractivity contribution in [2.75, 3.05) is 11.5 Å². The lowest BCUT2D eigenvalue weighted by molar-refractivity contribution is 0.0941. The summed E-state index contributed by atoms with van der Waals surface area (Å²) in [6.45, 7) is 1.76. The molecule has 7 nitrogen and oxygen atoms in total. The van der Waals surface area contributed by atoms with E-state index in [9.17, 15) is 18.0 Å². The molecule has 2 heterocycles. The van der Waals surface area contributed by atoms with E-state index in [0.29, 0.717) is 34.4 Å². The first-order valence-electron chi connectivity index (χ1n) is 8.94. The minimum atomic E-state index is -3.05. The summed E-state index contributed by atoms with van der Waals surface area (Å²) in [4.78, 5) is 29.7. The third-order valence-corrected chi connectivity index (χ3v) is 6.67. The smallest absolute Gasteiger partial charge is 0.265 e. The first kappa shape index (κ1) is 18.4. The van der Waals surface area contributed by atoms with E-state index in [4.69, 9.17) is 0 Å². The molecule has 1 fully saturated rings. The van der Waals surface area contributed by atoms with Crippen LogP contribution >= 0.6 is 0 Å². The summed E-state index contributed by atoms with van der Waals surface area (Å²) in [5.74, 6) is 0.314. The van der Waals surface area contributed by atoms with Crippen molar-refractivity contribution in [2.45, 2.75) is 19.4 Å². The molecular weight excluding hydrogens is 378 g/mol. The van der Waals surface area contributed by atoms with Crippen LogP contribution in [0.2, 0.25) is 0 Å². The Morgan fingerprint density at radius 1 is 1.14 bits per heavy atom. The number of nitrogens with one attached hydrogen (secondary N) is 1. The highest BCUT2D eigenvalue weighted by Gasteiger charge is 2.29. The molecule has 4 rings (SSSR count). The Bertz CT molecular complexity index is 1230. The molecule has 0 radical (unpaired) electrons. The van der Waals surface area contributed by atoms with Gasteiger partial charge in [0.2, 0.25) is 0 Å². The average molecular weight is 397 g/mol. The maximum atomic E-state index is 12.8. The van der Waals surface area contributed by atoms with Gasteiger partial charge in [-0.1, -0.05) is 12.1 Å². The molecule has 0 saturated carbocycles. The van der Waals surface area contributed by atoms with Gasteiger partial charge >= 0.3 is 0 Å². The minimum Gasteiger partial charge on any atom is -0.348 e. The van der Waals surface area contributed by atoms with Crippen LogP contribution in [-0.2, 0) is 9.84 Å². The van der Waals surface area contributed by atoms with Gasteiger partial charge in [0.15, 0.2) is 9.84 Å². The van der Waals surface area contributed by atoms with Crippen LogP contribution in [0, 0.1) is 6.92 Å². The Morgan fingerprint density at radius 3 is 2.54 bits per heavy atom. The number of carbonyl (C=O) groups excluding carboxylic acids is 1. The zero-order valence-electron chi connectivity index (χ0n) is 15.3. The van der Waals surface area contributed by atoms with Gasteiger partial charge in [0.1, 0.15) is 5.82 Å². The third-order valence-electron chi connectivity index (χ3n) is 4.90. The number of aryl methyl sites for hydroxylation is 1. The number of hydrogen-bond acceptors (Lipinski definition) is 5. The third kappa shape index (κ3) is 3.43. The van der Waals surface area contributed by atoms with Crippen molar-refractivity contribution in [3.8, 4) is 5.69 Å². The SMILES string of the molecule is Cc1nc2ccccc2c(=O)n1-c1ccc(C(=O)NC2CCS(=O)(=O)C2)cc1. The van der Waals surface area contributed by atoms with Crippen LogP contribution in [0.5, 0.6) is 0 Å².